The van der Waals surface area contributed by atoms with E-state index in [1.54, 1.807) is 13.3 Å². The summed E-state index contributed by atoms with van der Waals surface area (Å²) in [4.78, 5) is 4.42. The summed E-state index contributed by atoms with van der Waals surface area (Å²) in [5, 5.41) is -0.0255. The molecule has 0 fully saturated rings. The summed E-state index contributed by atoms with van der Waals surface area (Å²) >= 11 is 0. The van der Waals surface area contributed by atoms with Gasteiger partial charge in [-0.3, -0.25) is 4.98 Å². The van der Waals surface area contributed by atoms with Crippen molar-refractivity contribution < 1.29 is 26.7 Å². The number of aryl methyl sites for hydroxylation is 3. The molecule has 2 nitrogen and oxygen atoms in total. The molecule has 0 bridgehead atoms. The zero-order valence-electron chi connectivity index (χ0n) is 19.5. The summed E-state index contributed by atoms with van der Waals surface area (Å²) in [6.45, 7) is 0.683. The van der Waals surface area contributed by atoms with E-state index < -0.39 is 34.6 Å². The van der Waals surface area contributed by atoms with E-state index in [1.807, 2.05) is 12.1 Å². The number of benzene rings is 3. The first kappa shape index (κ1) is 25.3. The van der Waals surface area contributed by atoms with E-state index >= 15 is 0 Å². The monoisotopic (exact) mass is 495 g/mol. The molecule has 7 heteroatoms. The van der Waals surface area contributed by atoms with Crippen LogP contribution in [0.25, 0.3) is 10.8 Å². The summed E-state index contributed by atoms with van der Waals surface area (Å²) in [5.41, 5.74) is 2.26. The molecule has 0 saturated heterocycles. The first-order valence-electron chi connectivity index (χ1n) is 11.4. The maximum atomic E-state index is 14.6. The molecule has 0 spiro atoms. The minimum atomic E-state index is -1.56. The third-order valence-corrected chi connectivity index (χ3v) is 5.78. The molecule has 1 heterocycles. The normalized spacial score (nSPS) is 10.9. The predicted octanol–water partition coefficient (Wildman–Crippen LogP) is 6.69. The molecule has 0 amide bonds. The van der Waals surface area contributed by atoms with E-state index in [-0.39, 0.29) is 16.3 Å². The van der Waals surface area contributed by atoms with E-state index in [9.17, 15) is 22.0 Å². The highest BCUT2D eigenvalue weighted by molar-refractivity contribution is 5.84. The number of methoxy groups -OCH3 is 1. The summed E-state index contributed by atoms with van der Waals surface area (Å²) in [7, 11) is 1.66. The first-order valence-corrected chi connectivity index (χ1v) is 11.4. The zero-order valence-corrected chi connectivity index (χ0v) is 19.5. The number of rotatable bonds is 7. The maximum Gasteiger partial charge on any atom is 0.195 e. The highest BCUT2D eigenvalue weighted by Gasteiger charge is 2.14. The lowest BCUT2D eigenvalue weighted by Crippen LogP contribution is -1.99. The number of halogens is 5. The van der Waals surface area contributed by atoms with Gasteiger partial charge in [-0.25, -0.2) is 22.0 Å². The van der Waals surface area contributed by atoms with Gasteiger partial charge in [0.25, 0.3) is 0 Å². The lowest BCUT2D eigenvalue weighted by molar-refractivity contribution is 0.195. The Bertz CT molecular complexity index is 1430. The van der Waals surface area contributed by atoms with Gasteiger partial charge in [-0.15, -0.1) is 0 Å². The summed E-state index contributed by atoms with van der Waals surface area (Å²) in [5.74, 6) is -0.750. The molecule has 0 aliphatic heterocycles. The van der Waals surface area contributed by atoms with Crippen LogP contribution >= 0.6 is 0 Å². The van der Waals surface area contributed by atoms with Gasteiger partial charge < -0.3 is 4.74 Å². The largest absolute Gasteiger partial charge is 0.385 e. The van der Waals surface area contributed by atoms with E-state index in [0.717, 1.165) is 30.2 Å². The Balaban J connectivity index is 1.46. The fraction of sp³-hybridized carbons (Fsp3) is 0.207. The van der Waals surface area contributed by atoms with Gasteiger partial charge in [0.15, 0.2) is 17.5 Å². The fourth-order valence-corrected chi connectivity index (χ4v) is 3.85. The lowest BCUT2D eigenvalue weighted by atomic mass is 10.0. The van der Waals surface area contributed by atoms with Gasteiger partial charge in [-0.2, -0.15) is 0 Å². The summed E-state index contributed by atoms with van der Waals surface area (Å²) in [6, 6.07) is 11.2. The van der Waals surface area contributed by atoms with Crippen molar-refractivity contribution in [2.45, 2.75) is 25.7 Å². The van der Waals surface area contributed by atoms with Gasteiger partial charge >= 0.3 is 0 Å². The predicted molar refractivity (Wildman–Crippen MR) is 128 cm³/mol. The van der Waals surface area contributed by atoms with Crippen LogP contribution in [0, 0.1) is 40.9 Å². The van der Waals surface area contributed by atoms with Crippen LogP contribution in [0.4, 0.5) is 22.0 Å². The second-order valence-corrected chi connectivity index (χ2v) is 8.36. The van der Waals surface area contributed by atoms with Gasteiger partial charge in [0, 0.05) is 36.6 Å². The van der Waals surface area contributed by atoms with Crippen molar-refractivity contribution in [3.05, 3.63) is 112 Å². The Morgan fingerprint density at radius 3 is 2.22 bits per heavy atom. The van der Waals surface area contributed by atoms with Crippen molar-refractivity contribution in [2.75, 3.05) is 13.7 Å². The third kappa shape index (κ3) is 5.89. The van der Waals surface area contributed by atoms with Crippen molar-refractivity contribution >= 4 is 10.8 Å². The average Bonchev–Trinajstić information content (AvgIpc) is 2.86. The molecule has 1 aromatic heterocycles. The van der Waals surface area contributed by atoms with E-state index in [4.69, 9.17) is 4.74 Å². The van der Waals surface area contributed by atoms with Gasteiger partial charge in [0.05, 0.1) is 5.56 Å². The molecule has 0 radical (unpaired) electrons. The standard InChI is InChI=1S/C29H22F5NO/c1-36-12-2-3-19-4-8-22(35-17-19)9-5-20-14-25(30)24(26(31)15-20)11-7-18-6-10-23-21(13-18)16-27(32)29(34)28(23)33/h4,6,8,10,13-17H,2-3,5,9,12H2,1H3. The average molecular weight is 495 g/mol. The van der Waals surface area contributed by atoms with Gasteiger partial charge in [-0.05, 0) is 78.6 Å². The molecule has 0 aliphatic rings. The highest BCUT2D eigenvalue weighted by Crippen LogP contribution is 2.24. The number of hydrogen-bond acceptors (Lipinski definition) is 2. The quantitative estimate of drug-likeness (QED) is 0.123. The molecule has 4 rings (SSSR count). The Morgan fingerprint density at radius 2 is 1.53 bits per heavy atom. The van der Waals surface area contributed by atoms with Crippen LogP contribution in [0.2, 0.25) is 0 Å². The second-order valence-electron chi connectivity index (χ2n) is 8.36. The van der Waals surface area contributed by atoms with Crippen molar-refractivity contribution in [3.63, 3.8) is 0 Å². The molecule has 0 saturated carbocycles. The van der Waals surface area contributed by atoms with E-state index in [2.05, 4.69) is 16.8 Å². The lowest BCUT2D eigenvalue weighted by Gasteiger charge is -2.06. The number of ether oxygens (including phenoxy) is 1. The minimum Gasteiger partial charge on any atom is -0.385 e. The molecule has 36 heavy (non-hydrogen) atoms. The van der Waals surface area contributed by atoms with Crippen molar-refractivity contribution in [1.82, 2.24) is 4.98 Å². The van der Waals surface area contributed by atoms with Crippen molar-refractivity contribution in [1.29, 1.82) is 0 Å². The Hall–Kier alpha value is -3.76. The molecule has 0 N–H and O–H groups in total. The SMILES string of the molecule is COCCCc1ccc(CCc2cc(F)c(C#Cc3ccc4c(F)c(F)c(F)cc4c3)c(F)c2)nc1. The van der Waals surface area contributed by atoms with Crippen molar-refractivity contribution in [3.8, 4) is 11.8 Å². The molecule has 4 aromatic rings. The molecular formula is C29H22F5NO. The van der Waals surface area contributed by atoms with Crippen LogP contribution in [0.5, 0.6) is 0 Å². The molecule has 184 valence electrons. The highest BCUT2D eigenvalue weighted by atomic mass is 19.2. The Labute approximate surface area is 205 Å². The van der Waals surface area contributed by atoms with Crippen LogP contribution < -0.4 is 0 Å². The second kappa shape index (κ2) is 11.3. The molecule has 0 atom stereocenters. The van der Waals surface area contributed by atoms with Gasteiger partial charge in [0.2, 0.25) is 0 Å². The fourth-order valence-electron chi connectivity index (χ4n) is 3.85. The van der Waals surface area contributed by atoms with Crippen LogP contribution in [0.1, 0.15) is 34.4 Å². The number of nitrogens with zero attached hydrogens (tertiary/aromatic N) is 1. The summed E-state index contributed by atoms with van der Waals surface area (Å²) < 4.78 is 75.1. The zero-order chi connectivity index (χ0) is 25.7. The smallest absolute Gasteiger partial charge is 0.195 e. The van der Waals surface area contributed by atoms with Crippen molar-refractivity contribution in [2.24, 2.45) is 0 Å². The third-order valence-electron chi connectivity index (χ3n) is 5.78. The van der Waals surface area contributed by atoms with Gasteiger partial charge in [-0.1, -0.05) is 24.0 Å². The topological polar surface area (TPSA) is 22.1 Å². The molecule has 0 unspecified atom stereocenters. The Morgan fingerprint density at radius 1 is 0.750 bits per heavy atom. The minimum absolute atomic E-state index is 0.0890. The van der Waals surface area contributed by atoms with Crippen LogP contribution in [-0.4, -0.2) is 18.7 Å². The molecular weight excluding hydrogens is 473 g/mol. The van der Waals surface area contributed by atoms with Gasteiger partial charge in [0.1, 0.15) is 11.6 Å². The number of fused-ring (bicyclic) bond motifs is 1. The molecule has 0 aliphatic carbocycles. The van der Waals surface area contributed by atoms with Crippen LogP contribution in [0.3, 0.4) is 0 Å². The van der Waals surface area contributed by atoms with E-state index in [1.165, 1.54) is 30.3 Å². The summed E-state index contributed by atoms with van der Waals surface area (Å²) in [6.07, 6.45) is 4.49. The number of aromatic nitrogens is 1. The first-order chi connectivity index (χ1) is 17.4. The number of pyridine rings is 1. The van der Waals surface area contributed by atoms with Crippen LogP contribution in [0.15, 0.2) is 54.7 Å². The van der Waals surface area contributed by atoms with Crippen LogP contribution in [-0.2, 0) is 24.0 Å². The maximum absolute atomic E-state index is 14.6. The van der Waals surface area contributed by atoms with E-state index in [0.29, 0.717) is 25.0 Å². The Kier molecular flexibility index (Phi) is 7.97. The molecule has 3 aromatic carbocycles. The number of hydrogen-bond donors (Lipinski definition) is 0.